The van der Waals surface area contributed by atoms with Crippen molar-refractivity contribution in [1.82, 2.24) is 0 Å². The van der Waals surface area contributed by atoms with Crippen molar-refractivity contribution in [3.05, 3.63) is 34.9 Å². The van der Waals surface area contributed by atoms with E-state index in [1.165, 1.54) is 16.7 Å². The van der Waals surface area contributed by atoms with E-state index in [0.717, 1.165) is 31.6 Å². The average molecular weight is 276 g/mol. The van der Waals surface area contributed by atoms with Crippen LogP contribution < -0.4 is 0 Å². The van der Waals surface area contributed by atoms with E-state index >= 15 is 0 Å². The van der Waals surface area contributed by atoms with Gasteiger partial charge in [0.25, 0.3) is 0 Å². The minimum atomic E-state index is -0.416. The summed E-state index contributed by atoms with van der Waals surface area (Å²) < 4.78 is 5.78. The smallest absolute Gasteiger partial charge is 0.0939 e. The standard InChI is InChI=1S/C18H28O2/c1-13-7-9-18(20-4,10-8-13)17(19)12-16-11-14(2)5-6-15(16)3/h5-6,11,13,17,19H,7-10,12H2,1-4H3. The van der Waals surface area contributed by atoms with Crippen molar-refractivity contribution in [2.24, 2.45) is 5.92 Å². The van der Waals surface area contributed by atoms with Gasteiger partial charge in [0.1, 0.15) is 0 Å². The maximum absolute atomic E-state index is 10.8. The van der Waals surface area contributed by atoms with Crippen molar-refractivity contribution in [3.63, 3.8) is 0 Å². The van der Waals surface area contributed by atoms with Gasteiger partial charge in [-0.1, -0.05) is 30.7 Å². The first kappa shape index (κ1) is 15.5. The van der Waals surface area contributed by atoms with Gasteiger partial charge in [-0.05, 0) is 56.6 Å². The third-order valence-electron chi connectivity index (χ3n) is 5.05. The lowest BCUT2D eigenvalue weighted by atomic mass is 9.74. The van der Waals surface area contributed by atoms with Gasteiger partial charge in [-0.15, -0.1) is 0 Å². The molecule has 1 aromatic rings. The molecule has 0 saturated heterocycles. The number of methoxy groups -OCH3 is 1. The summed E-state index contributed by atoms with van der Waals surface area (Å²) in [5.41, 5.74) is 3.40. The number of hydrogen-bond donors (Lipinski definition) is 1. The summed E-state index contributed by atoms with van der Waals surface area (Å²) in [5, 5.41) is 10.8. The zero-order valence-corrected chi connectivity index (χ0v) is 13.3. The molecule has 1 N–H and O–H groups in total. The first-order valence-electron chi connectivity index (χ1n) is 7.76. The van der Waals surface area contributed by atoms with E-state index in [1.807, 2.05) is 0 Å². The highest BCUT2D eigenvalue weighted by Gasteiger charge is 2.40. The van der Waals surface area contributed by atoms with Gasteiger partial charge in [0, 0.05) is 13.5 Å². The molecule has 0 aliphatic heterocycles. The molecule has 0 radical (unpaired) electrons. The van der Waals surface area contributed by atoms with Crippen LogP contribution in [0.15, 0.2) is 18.2 Å². The van der Waals surface area contributed by atoms with Gasteiger partial charge in [0.15, 0.2) is 0 Å². The average Bonchev–Trinajstić information content (AvgIpc) is 2.44. The van der Waals surface area contributed by atoms with Crippen molar-refractivity contribution in [3.8, 4) is 0 Å². The molecule has 1 fully saturated rings. The minimum absolute atomic E-state index is 0.345. The van der Waals surface area contributed by atoms with Crippen LogP contribution in [0.3, 0.4) is 0 Å². The van der Waals surface area contributed by atoms with Crippen LogP contribution in [0.2, 0.25) is 0 Å². The molecule has 0 aromatic heterocycles. The highest BCUT2D eigenvalue weighted by molar-refractivity contribution is 5.31. The van der Waals surface area contributed by atoms with Crippen LogP contribution in [-0.4, -0.2) is 23.9 Å². The minimum Gasteiger partial charge on any atom is -0.390 e. The van der Waals surface area contributed by atoms with Crippen LogP contribution in [0.5, 0.6) is 0 Å². The van der Waals surface area contributed by atoms with Crippen molar-refractivity contribution < 1.29 is 9.84 Å². The molecule has 20 heavy (non-hydrogen) atoms. The van der Waals surface area contributed by atoms with Crippen LogP contribution in [0.1, 0.15) is 49.3 Å². The lowest BCUT2D eigenvalue weighted by molar-refractivity contribution is -0.127. The quantitative estimate of drug-likeness (QED) is 0.906. The molecule has 2 rings (SSSR count). The summed E-state index contributed by atoms with van der Waals surface area (Å²) in [6.07, 6.45) is 4.51. The van der Waals surface area contributed by atoms with E-state index in [-0.39, 0.29) is 5.60 Å². The summed E-state index contributed by atoms with van der Waals surface area (Å²) >= 11 is 0. The number of hydrogen-bond acceptors (Lipinski definition) is 2. The van der Waals surface area contributed by atoms with E-state index in [0.29, 0.717) is 6.42 Å². The second kappa shape index (κ2) is 6.28. The highest BCUT2D eigenvalue weighted by Crippen LogP contribution is 2.38. The van der Waals surface area contributed by atoms with Gasteiger partial charge in [-0.3, -0.25) is 0 Å². The Kier molecular flexibility index (Phi) is 4.87. The lowest BCUT2D eigenvalue weighted by Crippen LogP contribution is -2.48. The molecule has 0 amide bonds. The number of aryl methyl sites for hydroxylation is 2. The third-order valence-corrected chi connectivity index (χ3v) is 5.05. The Bertz CT molecular complexity index is 445. The summed E-state index contributed by atoms with van der Waals surface area (Å²) in [7, 11) is 1.75. The monoisotopic (exact) mass is 276 g/mol. The van der Waals surface area contributed by atoms with Gasteiger partial charge in [0.05, 0.1) is 11.7 Å². The summed E-state index contributed by atoms with van der Waals surface area (Å²) in [6, 6.07) is 6.45. The Morgan fingerprint density at radius 1 is 1.30 bits per heavy atom. The largest absolute Gasteiger partial charge is 0.390 e. The van der Waals surface area contributed by atoms with Gasteiger partial charge in [-0.25, -0.2) is 0 Å². The van der Waals surface area contributed by atoms with Gasteiger partial charge in [0.2, 0.25) is 0 Å². The molecule has 1 atom stereocenters. The van der Waals surface area contributed by atoms with E-state index in [9.17, 15) is 5.11 Å². The van der Waals surface area contributed by atoms with E-state index in [2.05, 4.69) is 39.0 Å². The van der Waals surface area contributed by atoms with E-state index in [1.54, 1.807) is 7.11 Å². The second-order valence-corrected chi connectivity index (χ2v) is 6.60. The normalized spacial score (nSPS) is 28.4. The van der Waals surface area contributed by atoms with Gasteiger partial charge in [-0.2, -0.15) is 0 Å². The van der Waals surface area contributed by atoms with Crippen LogP contribution in [0.4, 0.5) is 0 Å². The Morgan fingerprint density at radius 3 is 2.55 bits per heavy atom. The maximum atomic E-state index is 10.8. The molecule has 1 saturated carbocycles. The highest BCUT2D eigenvalue weighted by atomic mass is 16.5. The number of benzene rings is 1. The number of aliphatic hydroxyl groups excluding tert-OH is 1. The van der Waals surface area contributed by atoms with E-state index in [4.69, 9.17) is 4.74 Å². The molecular formula is C18H28O2. The molecule has 1 unspecified atom stereocenters. The predicted molar refractivity (Wildman–Crippen MR) is 83.0 cm³/mol. The Morgan fingerprint density at radius 2 is 1.95 bits per heavy atom. The summed E-state index contributed by atoms with van der Waals surface area (Å²) in [4.78, 5) is 0. The number of rotatable bonds is 4. The summed E-state index contributed by atoms with van der Waals surface area (Å²) in [6.45, 7) is 6.50. The molecule has 0 bridgehead atoms. The van der Waals surface area contributed by atoms with Crippen LogP contribution >= 0.6 is 0 Å². The topological polar surface area (TPSA) is 29.5 Å². The molecular weight excluding hydrogens is 248 g/mol. The van der Waals surface area contributed by atoms with Crippen LogP contribution in [0.25, 0.3) is 0 Å². The zero-order chi connectivity index (χ0) is 14.8. The molecule has 1 aromatic carbocycles. The Hall–Kier alpha value is -0.860. The predicted octanol–water partition coefficient (Wildman–Crippen LogP) is 3.80. The summed E-state index contributed by atoms with van der Waals surface area (Å²) in [5.74, 6) is 0.756. The van der Waals surface area contributed by atoms with Crippen molar-refractivity contribution in [2.45, 2.75) is 64.6 Å². The molecule has 2 heteroatoms. The Balaban J connectivity index is 2.13. The van der Waals surface area contributed by atoms with Gasteiger partial charge < -0.3 is 9.84 Å². The first-order chi connectivity index (χ1) is 9.47. The molecule has 0 spiro atoms. The molecule has 2 nitrogen and oxygen atoms in total. The fourth-order valence-electron chi connectivity index (χ4n) is 3.34. The number of aliphatic hydroxyl groups is 1. The molecule has 112 valence electrons. The van der Waals surface area contributed by atoms with Crippen molar-refractivity contribution >= 4 is 0 Å². The van der Waals surface area contributed by atoms with Crippen LogP contribution in [-0.2, 0) is 11.2 Å². The zero-order valence-electron chi connectivity index (χ0n) is 13.3. The SMILES string of the molecule is COC1(C(O)Cc2cc(C)ccc2C)CCC(C)CC1. The molecule has 1 aliphatic rings. The second-order valence-electron chi connectivity index (χ2n) is 6.60. The Labute approximate surface area is 123 Å². The first-order valence-corrected chi connectivity index (χ1v) is 7.76. The number of ether oxygens (including phenoxy) is 1. The van der Waals surface area contributed by atoms with Crippen molar-refractivity contribution in [2.75, 3.05) is 7.11 Å². The lowest BCUT2D eigenvalue weighted by Gasteiger charge is -2.42. The van der Waals surface area contributed by atoms with E-state index < -0.39 is 6.10 Å². The fraction of sp³-hybridized carbons (Fsp3) is 0.667. The third kappa shape index (κ3) is 3.24. The van der Waals surface area contributed by atoms with Gasteiger partial charge >= 0.3 is 0 Å². The maximum Gasteiger partial charge on any atom is 0.0939 e. The fourth-order valence-corrected chi connectivity index (χ4v) is 3.34. The van der Waals surface area contributed by atoms with Crippen molar-refractivity contribution in [1.29, 1.82) is 0 Å². The molecule has 1 aliphatic carbocycles. The van der Waals surface area contributed by atoms with Crippen LogP contribution in [0, 0.1) is 19.8 Å². The molecule has 0 heterocycles.